The Balaban J connectivity index is 2.39. The average Bonchev–Trinajstić information content (AvgIpc) is 2.81. The standard InChI is InChI=1S/C14H24N2O2/c1-4-7-10(2)13(17)15-11(3)14(18)16-12-8-5-6-9-12/h7,11-12H,4-6,8-9H2,1-3H3,(H,15,17)(H,16,18)/b10-7-. The number of rotatable bonds is 5. The Kier molecular flexibility index (Phi) is 5.89. The molecule has 0 radical (unpaired) electrons. The molecular formula is C14H24N2O2. The van der Waals surface area contributed by atoms with Gasteiger partial charge in [0.25, 0.3) is 0 Å². The lowest BCUT2D eigenvalue weighted by Crippen LogP contribution is -2.47. The number of amides is 2. The second-order valence-corrected chi connectivity index (χ2v) is 4.98. The van der Waals surface area contributed by atoms with Gasteiger partial charge < -0.3 is 10.6 Å². The third-order valence-electron chi connectivity index (χ3n) is 3.31. The SMILES string of the molecule is CC/C=C(/C)C(=O)NC(C)C(=O)NC1CCCC1. The van der Waals surface area contributed by atoms with E-state index in [0.717, 1.165) is 19.3 Å². The first-order valence-electron chi connectivity index (χ1n) is 6.82. The molecule has 0 saturated heterocycles. The van der Waals surface area contributed by atoms with E-state index in [2.05, 4.69) is 10.6 Å². The molecule has 0 heterocycles. The van der Waals surface area contributed by atoms with Crippen molar-refractivity contribution in [2.75, 3.05) is 0 Å². The van der Waals surface area contributed by atoms with Crippen molar-refractivity contribution in [3.63, 3.8) is 0 Å². The number of carbonyl (C=O) groups is 2. The van der Waals surface area contributed by atoms with Crippen LogP contribution < -0.4 is 10.6 Å². The van der Waals surface area contributed by atoms with E-state index in [4.69, 9.17) is 0 Å². The van der Waals surface area contributed by atoms with Crippen LogP contribution in [0.4, 0.5) is 0 Å². The summed E-state index contributed by atoms with van der Waals surface area (Å²) in [4.78, 5) is 23.6. The third-order valence-corrected chi connectivity index (χ3v) is 3.31. The van der Waals surface area contributed by atoms with Gasteiger partial charge in [-0.25, -0.2) is 0 Å². The first kappa shape index (κ1) is 14.7. The summed E-state index contributed by atoms with van der Waals surface area (Å²) >= 11 is 0. The Morgan fingerprint density at radius 2 is 1.94 bits per heavy atom. The lowest BCUT2D eigenvalue weighted by Gasteiger charge is -2.17. The quantitative estimate of drug-likeness (QED) is 0.734. The van der Waals surface area contributed by atoms with Crippen molar-refractivity contribution < 1.29 is 9.59 Å². The van der Waals surface area contributed by atoms with E-state index in [1.165, 1.54) is 12.8 Å². The molecule has 1 rings (SSSR count). The van der Waals surface area contributed by atoms with Crippen LogP contribution in [0.15, 0.2) is 11.6 Å². The van der Waals surface area contributed by atoms with E-state index < -0.39 is 6.04 Å². The van der Waals surface area contributed by atoms with Crippen LogP contribution in [-0.2, 0) is 9.59 Å². The lowest BCUT2D eigenvalue weighted by molar-refractivity contribution is -0.127. The van der Waals surface area contributed by atoms with Crippen LogP contribution in [0.5, 0.6) is 0 Å². The lowest BCUT2D eigenvalue weighted by atomic mass is 10.2. The molecule has 0 aromatic rings. The molecule has 1 fully saturated rings. The second kappa shape index (κ2) is 7.19. The van der Waals surface area contributed by atoms with Crippen molar-refractivity contribution in [3.8, 4) is 0 Å². The summed E-state index contributed by atoms with van der Waals surface area (Å²) in [6.07, 6.45) is 7.16. The molecule has 102 valence electrons. The van der Waals surface area contributed by atoms with E-state index in [-0.39, 0.29) is 11.8 Å². The Hall–Kier alpha value is -1.32. The van der Waals surface area contributed by atoms with Crippen LogP contribution in [0.1, 0.15) is 52.9 Å². The smallest absolute Gasteiger partial charge is 0.247 e. The summed E-state index contributed by atoms with van der Waals surface area (Å²) in [5.41, 5.74) is 0.665. The van der Waals surface area contributed by atoms with Gasteiger partial charge in [-0.3, -0.25) is 9.59 Å². The van der Waals surface area contributed by atoms with Gasteiger partial charge in [0.15, 0.2) is 0 Å². The largest absolute Gasteiger partial charge is 0.352 e. The van der Waals surface area contributed by atoms with Crippen LogP contribution in [0, 0.1) is 0 Å². The zero-order valence-electron chi connectivity index (χ0n) is 11.6. The van der Waals surface area contributed by atoms with Crippen molar-refractivity contribution in [2.45, 2.75) is 65.0 Å². The first-order valence-corrected chi connectivity index (χ1v) is 6.82. The maximum atomic E-state index is 11.9. The zero-order chi connectivity index (χ0) is 13.5. The molecule has 2 N–H and O–H groups in total. The van der Waals surface area contributed by atoms with Crippen molar-refractivity contribution >= 4 is 11.8 Å². The molecule has 18 heavy (non-hydrogen) atoms. The first-order chi connectivity index (χ1) is 8.54. The molecule has 2 amide bonds. The highest BCUT2D eigenvalue weighted by atomic mass is 16.2. The van der Waals surface area contributed by atoms with Crippen LogP contribution in [0.3, 0.4) is 0 Å². The Morgan fingerprint density at radius 3 is 2.50 bits per heavy atom. The van der Waals surface area contributed by atoms with Gasteiger partial charge in [0.1, 0.15) is 6.04 Å². The number of hydrogen-bond donors (Lipinski definition) is 2. The highest BCUT2D eigenvalue weighted by Gasteiger charge is 2.21. The normalized spacial score (nSPS) is 18.5. The molecule has 0 aromatic carbocycles. The minimum atomic E-state index is -0.474. The van der Waals surface area contributed by atoms with E-state index in [1.807, 2.05) is 13.0 Å². The van der Waals surface area contributed by atoms with Crippen LogP contribution in [0.25, 0.3) is 0 Å². The van der Waals surface area contributed by atoms with Crippen LogP contribution >= 0.6 is 0 Å². The second-order valence-electron chi connectivity index (χ2n) is 4.98. The van der Waals surface area contributed by atoms with Gasteiger partial charge in [0.05, 0.1) is 0 Å². The summed E-state index contributed by atoms with van der Waals surface area (Å²) in [6, 6.07) is -0.178. The topological polar surface area (TPSA) is 58.2 Å². The van der Waals surface area contributed by atoms with Crippen molar-refractivity contribution in [1.29, 1.82) is 0 Å². The Labute approximate surface area is 109 Å². The summed E-state index contributed by atoms with van der Waals surface area (Å²) in [7, 11) is 0. The molecule has 1 atom stereocenters. The monoisotopic (exact) mass is 252 g/mol. The molecule has 4 nitrogen and oxygen atoms in total. The summed E-state index contributed by atoms with van der Waals surface area (Å²) < 4.78 is 0. The fraction of sp³-hybridized carbons (Fsp3) is 0.714. The van der Waals surface area contributed by atoms with E-state index in [0.29, 0.717) is 11.6 Å². The maximum absolute atomic E-state index is 11.9. The fourth-order valence-corrected chi connectivity index (χ4v) is 2.17. The number of nitrogens with one attached hydrogen (secondary N) is 2. The zero-order valence-corrected chi connectivity index (χ0v) is 11.6. The molecule has 1 aliphatic rings. The minimum Gasteiger partial charge on any atom is -0.352 e. The fourth-order valence-electron chi connectivity index (χ4n) is 2.17. The van der Waals surface area contributed by atoms with Gasteiger partial charge in [-0.1, -0.05) is 25.8 Å². The van der Waals surface area contributed by atoms with Crippen molar-refractivity contribution in [1.82, 2.24) is 10.6 Å². The van der Waals surface area contributed by atoms with E-state index in [1.54, 1.807) is 13.8 Å². The maximum Gasteiger partial charge on any atom is 0.247 e. The number of hydrogen-bond acceptors (Lipinski definition) is 2. The van der Waals surface area contributed by atoms with Crippen molar-refractivity contribution in [3.05, 3.63) is 11.6 Å². The summed E-state index contributed by atoms with van der Waals surface area (Å²) in [5, 5.41) is 5.70. The molecular weight excluding hydrogens is 228 g/mol. The number of carbonyl (C=O) groups excluding carboxylic acids is 2. The van der Waals surface area contributed by atoms with E-state index >= 15 is 0 Å². The Morgan fingerprint density at radius 1 is 1.33 bits per heavy atom. The molecule has 0 aliphatic heterocycles. The van der Waals surface area contributed by atoms with E-state index in [9.17, 15) is 9.59 Å². The van der Waals surface area contributed by atoms with Crippen molar-refractivity contribution in [2.24, 2.45) is 0 Å². The molecule has 4 heteroatoms. The van der Waals surface area contributed by atoms with Gasteiger partial charge >= 0.3 is 0 Å². The highest BCUT2D eigenvalue weighted by Crippen LogP contribution is 2.17. The average molecular weight is 252 g/mol. The summed E-state index contributed by atoms with van der Waals surface area (Å²) in [5.74, 6) is -0.245. The van der Waals surface area contributed by atoms with Crippen LogP contribution in [-0.4, -0.2) is 23.9 Å². The molecule has 0 aromatic heterocycles. The predicted molar refractivity (Wildman–Crippen MR) is 72.1 cm³/mol. The Bertz CT molecular complexity index is 331. The predicted octanol–water partition coefficient (Wildman–Crippen LogP) is 1.91. The summed E-state index contributed by atoms with van der Waals surface area (Å²) in [6.45, 7) is 5.47. The molecule has 1 unspecified atom stereocenters. The molecule has 0 bridgehead atoms. The van der Waals surface area contributed by atoms with Gasteiger partial charge in [-0.15, -0.1) is 0 Å². The highest BCUT2D eigenvalue weighted by molar-refractivity contribution is 5.96. The van der Waals surface area contributed by atoms with Gasteiger partial charge in [0.2, 0.25) is 11.8 Å². The van der Waals surface area contributed by atoms with Gasteiger partial charge in [-0.05, 0) is 33.1 Å². The number of allylic oxidation sites excluding steroid dienone is 1. The molecule has 0 spiro atoms. The van der Waals surface area contributed by atoms with Gasteiger partial charge in [-0.2, -0.15) is 0 Å². The third kappa shape index (κ3) is 4.51. The van der Waals surface area contributed by atoms with Gasteiger partial charge in [0, 0.05) is 11.6 Å². The molecule has 1 saturated carbocycles. The van der Waals surface area contributed by atoms with Crippen LogP contribution in [0.2, 0.25) is 0 Å². The minimum absolute atomic E-state index is 0.0838. The molecule has 1 aliphatic carbocycles.